The van der Waals surface area contributed by atoms with Crippen LogP contribution in [0.4, 0.5) is 5.69 Å². The summed E-state index contributed by atoms with van der Waals surface area (Å²) in [4.78, 5) is 13.9. The second kappa shape index (κ2) is 5.05. The zero-order valence-electron chi connectivity index (χ0n) is 9.22. The second-order valence-electron chi connectivity index (χ2n) is 3.49. The van der Waals surface area contributed by atoms with Crippen molar-refractivity contribution in [2.24, 2.45) is 5.16 Å². The average molecular weight is 243 g/mol. The van der Waals surface area contributed by atoms with Crippen molar-refractivity contribution in [2.75, 3.05) is 0 Å². The summed E-state index contributed by atoms with van der Waals surface area (Å²) in [5, 5.41) is 22.8. The van der Waals surface area contributed by atoms with E-state index in [1.807, 2.05) is 0 Å². The molecule has 0 aliphatic carbocycles. The number of non-ortho nitro benzene ring substituents is 1. The van der Waals surface area contributed by atoms with Gasteiger partial charge >= 0.3 is 0 Å². The predicted octanol–water partition coefficient (Wildman–Crippen LogP) is 2.22. The summed E-state index contributed by atoms with van der Waals surface area (Å²) in [5.41, 5.74) is 1.61. The second-order valence-corrected chi connectivity index (χ2v) is 3.49. The van der Waals surface area contributed by atoms with E-state index in [0.717, 1.165) is 0 Å². The van der Waals surface area contributed by atoms with Gasteiger partial charge in [-0.3, -0.25) is 15.1 Å². The fraction of sp³-hybridized carbons (Fsp3) is 0. The minimum atomic E-state index is -0.480. The Labute approximate surface area is 102 Å². The number of hydrogen-bond donors (Lipinski definition) is 1. The highest BCUT2D eigenvalue weighted by molar-refractivity contribution is 6.12. The van der Waals surface area contributed by atoms with Crippen molar-refractivity contribution in [1.29, 1.82) is 0 Å². The molecule has 90 valence electrons. The van der Waals surface area contributed by atoms with Crippen molar-refractivity contribution in [3.05, 3.63) is 70.0 Å². The van der Waals surface area contributed by atoms with Gasteiger partial charge in [-0.1, -0.05) is 5.16 Å². The van der Waals surface area contributed by atoms with Crippen molar-refractivity contribution in [2.45, 2.75) is 0 Å². The van der Waals surface area contributed by atoms with Gasteiger partial charge in [-0.15, -0.1) is 0 Å². The van der Waals surface area contributed by atoms with Gasteiger partial charge in [0.15, 0.2) is 0 Å². The van der Waals surface area contributed by atoms with E-state index in [1.165, 1.54) is 24.3 Å². The Morgan fingerprint density at radius 3 is 2.17 bits per heavy atom. The number of nitrogens with zero attached hydrogens (tertiary/aromatic N) is 3. The zero-order chi connectivity index (χ0) is 13.0. The average Bonchev–Trinajstić information content (AvgIpc) is 2.41. The molecule has 1 heterocycles. The summed E-state index contributed by atoms with van der Waals surface area (Å²) in [6.45, 7) is 0. The third-order valence-electron chi connectivity index (χ3n) is 2.41. The van der Waals surface area contributed by atoms with Gasteiger partial charge in [0.05, 0.1) is 4.92 Å². The van der Waals surface area contributed by atoms with Crippen LogP contribution in [0.1, 0.15) is 11.1 Å². The molecule has 0 saturated heterocycles. The molecule has 0 aliphatic rings. The fourth-order valence-corrected chi connectivity index (χ4v) is 1.53. The smallest absolute Gasteiger partial charge is 0.269 e. The van der Waals surface area contributed by atoms with Gasteiger partial charge in [-0.2, -0.15) is 0 Å². The fourth-order valence-electron chi connectivity index (χ4n) is 1.53. The van der Waals surface area contributed by atoms with Gasteiger partial charge in [0.1, 0.15) is 5.71 Å². The van der Waals surface area contributed by atoms with E-state index in [0.29, 0.717) is 16.8 Å². The highest BCUT2D eigenvalue weighted by Crippen LogP contribution is 2.15. The van der Waals surface area contributed by atoms with Crippen LogP contribution < -0.4 is 0 Å². The van der Waals surface area contributed by atoms with Crippen LogP contribution in [0.2, 0.25) is 0 Å². The summed E-state index contributed by atoms with van der Waals surface area (Å²) in [6.07, 6.45) is 3.15. The molecule has 0 atom stereocenters. The first-order valence-corrected chi connectivity index (χ1v) is 5.09. The summed E-state index contributed by atoms with van der Waals surface area (Å²) in [7, 11) is 0. The number of oxime groups is 1. The first-order chi connectivity index (χ1) is 8.72. The maximum Gasteiger partial charge on any atom is 0.269 e. The molecule has 0 bridgehead atoms. The summed E-state index contributed by atoms with van der Waals surface area (Å²) >= 11 is 0. The summed E-state index contributed by atoms with van der Waals surface area (Å²) < 4.78 is 0. The minimum absolute atomic E-state index is 0.00855. The van der Waals surface area contributed by atoms with Gasteiger partial charge in [0.25, 0.3) is 5.69 Å². The lowest BCUT2D eigenvalue weighted by Crippen LogP contribution is -2.03. The van der Waals surface area contributed by atoms with Crippen LogP contribution in [-0.4, -0.2) is 20.8 Å². The van der Waals surface area contributed by atoms with Crippen LogP contribution in [0.3, 0.4) is 0 Å². The lowest BCUT2D eigenvalue weighted by Gasteiger charge is -2.03. The SMILES string of the molecule is O=[N+]([O-])c1ccc(/C(=N\O)c2ccncc2)cc1. The lowest BCUT2D eigenvalue weighted by molar-refractivity contribution is -0.384. The van der Waals surface area contributed by atoms with E-state index in [2.05, 4.69) is 10.1 Å². The molecule has 0 spiro atoms. The van der Waals surface area contributed by atoms with Gasteiger partial charge in [-0.05, 0) is 24.3 Å². The van der Waals surface area contributed by atoms with E-state index in [1.54, 1.807) is 24.5 Å². The quantitative estimate of drug-likeness (QED) is 0.387. The van der Waals surface area contributed by atoms with Crippen LogP contribution >= 0.6 is 0 Å². The largest absolute Gasteiger partial charge is 0.410 e. The highest BCUT2D eigenvalue weighted by atomic mass is 16.6. The Hall–Kier alpha value is -2.76. The molecule has 0 saturated carbocycles. The molecule has 1 aromatic carbocycles. The predicted molar refractivity (Wildman–Crippen MR) is 64.8 cm³/mol. The van der Waals surface area contributed by atoms with Crippen LogP contribution in [0, 0.1) is 10.1 Å². The molecule has 0 radical (unpaired) electrons. The maximum atomic E-state index is 10.5. The minimum Gasteiger partial charge on any atom is -0.410 e. The number of pyridine rings is 1. The first kappa shape index (κ1) is 11.7. The van der Waals surface area contributed by atoms with Crippen molar-refractivity contribution in [3.8, 4) is 0 Å². The number of aromatic nitrogens is 1. The number of benzene rings is 1. The Balaban J connectivity index is 2.38. The van der Waals surface area contributed by atoms with Crippen molar-refractivity contribution >= 4 is 11.4 Å². The molecule has 6 heteroatoms. The van der Waals surface area contributed by atoms with E-state index in [4.69, 9.17) is 5.21 Å². The van der Waals surface area contributed by atoms with Crippen molar-refractivity contribution in [1.82, 2.24) is 4.98 Å². The van der Waals surface area contributed by atoms with Crippen molar-refractivity contribution in [3.63, 3.8) is 0 Å². The third kappa shape index (κ3) is 2.32. The van der Waals surface area contributed by atoms with E-state index < -0.39 is 4.92 Å². The molecule has 2 rings (SSSR count). The van der Waals surface area contributed by atoms with Crippen LogP contribution in [0.15, 0.2) is 53.9 Å². The molecule has 6 nitrogen and oxygen atoms in total. The van der Waals surface area contributed by atoms with Gasteiger partial charge in [0.2, 0.25) is 0 Å². The standard InChI is InChI=1S/C12H9N3O3/c16-14-12(10-5-7-13-8-6-10)9-1-3-11(4-2-9)15(17)18/h1-8,16H/b14-12+. The normalized spacial score (nSPS) is 11.2. The maximum absolute atomic E-state index is 10.5. The molecule has 0 amide bonds. The van der Waals surface area contributed by atoms with Crippen LogP contribution in [-0.2, 0) is 0 Å². The number of nitro groups is 1. The molecule has 1 N–H and O–H groups in total. The summed E-state index contributed by atoms with van der Waals surface area (Å²) in [6, 6.07) is 9.18. The van der Waals surface area contributed by atoms with Gasteiger partial charge in [-0.25, -0.2) is 0 Å². The van der Waals surface area contributed by atoms with E-state index in [9.17, 15) is 10.1 Å². The summed E-state index contributed by atoms with van der Waals surface area (Å²) in [5.74, 6) is 0. The van der Waals surface area contributed by atoms with Gasteiger partial charge in [0, 0.05) is 35.7 Å². The molecular formula is C12H9N3O3. The lowest BCUT2D eigenvalue weighted by atomic mass is 10.0. The molecular weight excluding hydrogens is 234 g/mol. The van der Waals surface area contributed by atoms with Gasteiger partial charge < -0.3 is 5.21 Å². The molecule has 0 fully saturated rings. The van der Waals surface area contributed by atoms with E-state index in [-0.39, 0.29) is 5.69 Å². The number of nitro benzene ring substituents is 1. The van der Waals surface area contributed by atoms with Crippen molar-refractivity contribution < 1.29 is 10.1 Å². The van der Waals surface area contributed by atoms with Crippen LogP contribution in [0.5, 0.6) is 0 Å². The Morgan fingerprint density at radius 1 is 1.11 bits per heavy atom. The molecule has 1 aromatic heterocycles. The molecule has 2 aromatic rings. The Morgan fingerprint density at radius 2 is 1.67 bits per heavy atom. The zero-order valence-corrected chi connectivity index (χ0v) is 9.22. The molecule has 0 aliphatic heterocycles. The number of rotatable bonds is 3. The molecule has 18 heavy (non-hydrogen) atoms. The Kier molecular flexibility index (Phi) is 3.29. The van der Waals surface area contributed by atoms with E-state index >= 15 is 0 Å². The molecule has 0 unspecified atom stereocenters. The number of hydrogen-bond acceptors (Lipinski definition) is 5. The third-order valence-corrected chi connectivity index (χ3v) is 2.41. The monoisotopic (exact) mass is 243 g/mol. The highest BCUT2D eigenvalue weighted by Gasteiger charge is 2.10. The Bertz CT molecular complexity index is 579. The first-order valence-electron chi connectivity index (χ1n) is 5.09. The van der Waals surface area contributed by atoms with Crippen LogP contribution in [0.25, 0.3) is 0 Å². The topological polar surface area (TPSA) is 88.6 Å².